The van der Waals surface area contributed by atoms with Crippen LogP contribution in [0.15, 0.2) is 36.4 Å². The van der Waals surface area contributed by atoms with Gasteiger partial charge >= 0.3 is 6.03 Å². The number of rotatable bonds is 7. The number of para-hydroxylation sites is 2. The van der Waals surface area contributed by atoms with Gasteiger partial charge in [-0.05, 0) is 36.8 Å². The van der Waals surface area contributed by atoms with E-state index < -0.39 is 12.1 Å². The molecule has 1 saturated heterocycles. The number of carbonyl (C=O) groups is 3. The third-order valence-electron chi connectivity index (χ3n) is 4.64. The average molecular weight is 413 g/mol. The zero-order chi connectivity index (χ0) is 21.8. The summed E-state index contributed by atoms with van der Waals surface area (Å²) in [5, 5.41) is 5.33. The van der Waals surface area contributed by atoms with Crippen molar-refractivity contribution in [3.8, 4) is 17.2 Å². The van der Waals surface area contributed by atoms with Gasteiger partial charge in [0.2, 0.25) is 11.7 Å². The van der Waals surface area contributed by atoms with Gasteiger partial charge in [-0.1, -0.05) is 12.1 Å². The highest BCUT2D eigenvalue weighted by Gasteiger charge is 2.37. The van der Waals surface area contributed by atoms with Crippen LogP contribution in [0.1, 0.15) is 12.5 Å². The third kappa shape index (κ3) is 4.00. The first-order chi connectivity index (χ1) is 14.4. The Kier molecular flexibility index (Phi) is 6.10. The van der Waals surface area contributed by atoms with Gasteiger partial charge in [0.1, 0.15) is 6.04 Å². The molecule has 9 nitrogen and oxygen atoms in total. The van der Waals surface area contributed by atoms with Crippen molar-refractivity contribution in [3.05, 3.63) is 42.0 Å². The van der Waals surface area contributed by atoms with Crippen LogP contribution in [0.5, 0.6) is 17.2 Å². The molecule has 0 aromatic heterocycles. The van der Waals surface area contributed by atoms with E-state index >= 15 is 0 Å². The molecule has 2 aromatic carbocycles. The van der Waals surface area contributed by atoms with Crippen molar-refractivity contribution in [1.29, 1.82) is 0 Å². The van der Waals surface area contributed by atoms with Crippen molar-refractivity contribution in [2.24, 2.45) is 0 Å². The fraction of sp³-hybridized carbons (Fsp3) is 0.286. The Bertz CT molecular complexity index is 965. The molecule has 1 heterocycles. The van der Waals surface area contributed by atoms with Crippen LogP contribution >= 0.6 is 0 Å². The van der Waals surface area contributed by atoms with Crippen molar-refractivity contribution in [2.45, 2.75) is 19.4 Å². The Labute approximate surface area is 173 Å². The van der Waals surface area contributed by atoms with Crippen molar-refractivity contribution in [3.63, 3.8) is 0 Å². The van der Waals surface area contributed by atoms with Gasteiger partial charge in [-0.15, -0.1) is 0 Å². The molecular weight excluding hydrogens is 390 g/mol. The summed E-state index contributed by atoms with van der Waals surface area (Å²) in [6, 6.07) is 8.85. The molecule has 9 heteroatoms. The van der Waals surface area contributed by atoms with Gasteiger partial charge in [-0.25, -0.2) is 9.69 Å². The summed E-state index contributed by atoms with van der Waals surface area (Å²) in [4.78, 5) is 38.2. The van der Waals surface area contributed by atoms with Crippen LogP contribution in [0.25, 0.3) is 0 Å². The minimum absolute atomic E-state index is 0.0155. The highest BCUT2D eigenvalue weighted by atomic mass is 16.5. The summed E-state index contributed by atoms with van der Waals surface area (Å²) in [5.41, 5.74) is 1.30. The number of hydrogen-bond donors (Lipinski definition) is 2. The van der Waals surface area contributed by atoms with Crippen LogP contribution in [0.4, 0.5) is 16.2 Å². The van der Waals surface area contributed by atoms with Gasteiger partial charge in [-0.3, -0.25) is 9.59 Å². The van der Waals surface area contributed by atoms with Crippen LogP contribution in [0.3, 0.4) is 0 Å². The first-order valence-electron chi connectivity index (χ1n) is 9.21. The first kappa shape index (κ1) is 21.0. The lowest BCUT2D eigenvalue weighted by Crippen LogP contribution is -2.32. The number of carbonyl (C=O) groups excluding carboxylic acids is 3. The fourth-order valence-corrected chi connectivity index (χ4v) is 3.22. The summed E-state index contributed by atoms with van der Waals surface area (Å²) < 4.78 is 15.9. The lowest BCUT2D eigenvalue weighted by Gasteiger charge is -2.18. The van der Waals surface area contributed by atoms with Crippen molar-refractivity contribution >= 4 is 29.2 Å². The number of methoxy groups -OCH3 is 3. The summed E-state index contributed by atoms with van der Waals surface area (Å²) >= 11 is 0. The Balaban J connectivity index is 1.83. The van der Waals surface area contributed by atoms with E-state index in [-0.39, 0.29) is 18.2 Å². The first-order valence-corrected chi connectivity index (χ1v) is 9.21. The Morgan fingerprint density at radius 3 is 2.23 bits per heavy atom. The maximum Gasteiger partial charge on any atom is 0.329 e. The second-order valence-electron chi connectivity index (χ2n) is 6.62. The number of nitrogens with zero attached hydrogens (tertiary/aromatic N) is 1. The van der Waals surface area contributed by atoms with Crippen molar-refractivity contribution in [2.75, 3.05) is 31.5 Å². The van der Waals surface area contributed by atoms with E-state index in [9.17, 15) is 14.4 Å². The van der Waals surface area contributed by atoms with E-state index in [2.05, 4.69) is 10.6 Å². The molecule has 1 atom stereocenters. The topological polar surface area (TPSA) is 106 Å². The Morgan fingerprint density at radius 1 is 1.07 bits per heavy atom. The number of hydrogen-bond acceptors (Lipinski definition) is 6. The zero-order valence-electron chi connectivity index (χ0n) is 17.1. The summed E-state index contributed by atoms with van der Waals surface area (Å²) in [6.07, 6.45) is 0.0155. The maximum absolute atomic E-state index is 12.7. The van der Waals surface area contributed by atoms with Gasteiger partial charge < -0.3 is 24.8 Å². The van der Waals surface area contributed by atoms with Crippen LogP contribution in [-0.4, -0.2) is 45.2 Å². The molecule has 4 amide bonds. The van der Waals surface area contributed by atoms with Crippen LogP contribution in [0, 0.1) is 0 Å². The molecule has 1 aliphatic rings. The van der Waals surface area contributed by atoms with E-state index in [1.165, 1.54) is 21.3 Å². The number of anilines is 2. The Morgan fingerprint density at radius 2 is 1.70 bits per heavy atom. The van der Waals surface area contributed by atoms with Gasteiger partial charge in [0.05, 0.1) is 39.1 Å². The quantitative estimate of drug-likeness (QED) is 0.675. The van der Waals surface area contributed by atoms with E-state index in [4.69, 9.17) is 14.2 Å². The molecule has 1 aliphatic heterocycles. The summed E-state index contributed by atoms with van der Waals surface area (Å²) in [7, 11) is 4.49. The zero-order valence-corrected chi connectivity index (χ0v) is 17.1. The molecule has 30 heavy (non-hydrogen) atoms. The van der Waals surface area contributed by atoms with Gasteiger partial charge in [0.15, 0.2) is 11.5 Å². The molecule has 2 aromatic rings. The normalized spacial score (nSPS) is 15.6. The highest BCUT2D eigenvalue weighted by Crippen LogP contribution is 2.38. The molecule has 0 bridgehead atoms. The smallest absolute Gasteiger partial charge is 0.329 e. The lowest BCUT2D eigenvalue weighted by atomic mass is 10.1. The Hall–Kier alpha value is -3.75. The molecule has 0 saturated carbocycles. The second kappa shape index (κ2) is 8.73. The molecule has 2 N–H and O–H groups in total. The monoisotopic (exact) mass is 413 g/mol. The number of imide groups is 1. The molecule has 3 rings (SSSR count). The van der Waals surface area contributed by atoms with Crippen molar-refractivity contribution in [1.82, 2.24) is 5.32 Å². The molecule has 1 unspecified atom stereocenters. The van der Waals surface area contributed by atoms with E-state index in [0.717, 1.165) is 4.90 Å². The molecule has 1 fully saturated rings. The largest absolute Gasteiger partial charge is 0.493 e. The second-order valence-corrected chi connectivity index (χ2v) is 6.62. The fourth-order valence-electron chi connectivity index (χ4n) is 3.22. The number of amides is 4. The van der Waals surface area contributed by atoms with E-state index in [1.54, 1.807) is 43.3 Å². The molecule has 158 valence electrons. The highest BCUT2D eigenvalue weighted by molar-refractivity contribution is 6.23. The lowest BCUT2D eigenvalue weighted by molar-refractivity contribution is -0.118. The molecule has 0 aliphatic carbocycles. The number of urea groups is 1. The minimum atomic E-state index is -0.625. The molecular formula is C21H23N3O6. The van der Waals surface area contributed by atoms with Crippen LogP contribution < -0.4 is 29.7 Å². The molecule has 0 radical (unpaired) electrons. The third-order valence-corrected chi connectivity index (χ3v) is 4.64. The van der Waals surface area contributed by atoms with Gasteiger partial charge in [0.25, 0.3) is 5.91 Å². The van der Waals surface area contributed by atoms with E-state index in [1.807, 2.05) is 0 Å². The maximum atomic E-state index is 12.7. The van der Waals surface area contributed by atoms with Gasteiger partial charge in [0, 0.05) is 0 Å². The number of benzene rings is 2. The minimum Gasteiger partial charge on any atom is -0.493 e. The molecule has 0 spiro atoms. The van der Waals surface area contributed by atoms with Gasteiger partial charge in [-0.2, -0.15) is 0 Å². The van der Waals surface area contributed by atoms with Crippen LogP contribution in [0.2, 0.25) is 0 Å². The number of nitrogens with one attached hydrogen (secondary N) is 2. The summed E-state index contributed by atoms with van der Waals surface area (Å²) in [5.74, 6) is 0.590. The number of ether oxygens (including phenoxy) is 3. The van der Waals surface area contributed by atoms with Crippen molar-refractivity contribution < 1.29 is 28.6 Å². The predicted octanol–water partition coefficient (Wildman–Crippen LogP) is 2.34. The van der Waals surface area contributed by atoms with Crippen LogP contribution in [-0.2, 0) is 16.0 Å². The van der Waals surface area contributed by atoms with E-state index in [0.29, 0.717) is 34.2 Å². The average Bonchev–Trinajstić information content (AvgIpc) is 2.99. The predicted molar refractivity (Wildman–Crippen MR) is 110 cm³/mol. The SMILES string of the molecule is COc1cc(CC(=O)Nc2ccccc2N2C(=O)NC(C)C2=O)cc(OC)c1OC. The standard InChI is InChI=1S/C21H23N3O6/c1-12-20(26)24(21(27)22-12)15-8-6-5-7-14(15)23-18(25)11-13-9-16(28-2)19(30-4)17(10-13)29-3/h5-10,12H,11H2,1-4H3,(H,22,27)(H,23,25). The summed E-state index contributed by atoms with van der Waals surface area (Å²) in [6.45, 7) is 1.60.